The van der Waals surface area contributed by atoms with Crippen molar-refractivity contribution in [2.45, 2.75) is 13.1 Å². The highest BCUT2D eigenvalue weighted by molar-refractivity contribution is 7.86. The van der Waals surface area contributed by atoms with Crippen LogP contribution in [0.5, 0.6) is 0 Å². The summed E-state index contributed by atoms with van der Waals surface area (Å²) in [5.41, 5.74) is 1.17. The van der Waals surface area contributed by atoms with Gasteiger partial charge < -0.3 is 4.74 Å². The van der Waals surface area contributed by atoms with E-state index in [1.165, 1.54) is 39.4 Å². The Kier molecular flexibility index (Phi) is 6.94. The van der Waals surface area contributed by atoms with Crippen molar-refractivity contribution in [1.29, 1.82) is 0 Å². The Morgan fingerprint density at radius 1 is 1.07 bits per heavy atom. The molecule has 0 aliphatic rings. The summed E-state index contributed by atoms with van der Waals surface area (Å²) in [6.45, 7) is -0.113. The van der Waals surface area contributed by atoms with Gasteiger partial charge in [-0.3, -0.25) is 0 Å². The van der Waals surface area contributed by atoms with Crippen molar-refractivity contribution < 1.29 is 22.3 Å². The van der Waals surface area contributed by atoms with Crippen LogP contribution in [0.25, 0.3) is 0 Å². The van der Waals surface area contributed by atoms with E-state index in [1.807, 2.05) is 0 Å². The molecule has 0 aliphatic heterocycles. The fourth-order valence-corrected chi connectivity index (χ4v) is 3.73. The number of halogens is 2. The van der Waals surface area contributed by atoms with Gasteiger partial charge in [0.05, 0.1) is 12.7 Å². The molecule has 0 heterocycles. The predicted octanol–water partition coefficient (Wildman–Crippen LogP) is 3.07. The summed E-state index contributed by atoms with van der Waals surface area (Å²) in [5.74, 6) is -1.03. The van der Waals surface area contributed by atoms with Crippen molar-refractivity contribution in [1.82, 2.24) is 8.61 Å². The molecule has 0 unspecified atom stereocenters. The predicted molar refractivity (Wildman–Crippen MR) is 101 cm³/mol. The van der Waals surface area contributed by atoms with E-state index < -0.39 is 22.0 Å². The normalized spacial score (nSPS) is 11.8. The van der Waals surface area contributed by atoms with Gasteiger partial charge in [0.1, 0.15) is 5.82 Å². The zero-order valence-electron chi connectivity index (χ0n) is 15.1. The minimum Gasteiger partial charge on any atom is -0.465 e. The highest BCUT2D eigenvalue weighted by Crippen LogP contribution is 2.22. The first-order chi connectivity index (χ1) is 12.7. The number of ether oxygens (including phenoxy) is 1. The maximum atomic E-state index is 13.9. The van der Waals surface area contributed by atoms with Gasteiger partial charge in [0.2, 0.25) is 0 Å². The second-order valence-electron chi connectivity index (χ2n) is 5.91. The number of rotatable bonds is 7. The van der Waals surface area contributed by atoms with Gasteiger partial charge in [-0.1, -0.05) is 29.8 Å². The van der Waals surface area contributed by atoms with Crippen LogP contribution in [-0.4, -0.2) is 44.2 Å². The molecule has 2 aromatic carbocycles. The maximum Gasteiger partial charge on any atom is 0.337 e. The number of carbonyl (C=O) groups is 1. The fourth-order valence-electron chi connectivity index (χ4n) is 2.43. The van der Waals surface area contributed by atoms with Gasteiger partial charge in [-0.05, 0) is 29.8 Å². The largest absolute Gasteiger partial charge is 0.465 e. The third-order valence-electron chi connectivity index (χ3n) is 4.01. The first-order valence-corrected chi connectivity index (χ1v) is 9.72. The van der Waals surface area contributed by atoms with Crippen LogP contribution in [0.1, 0.15) is 21.5 Å². The quantitative estimate of drug-likeness (QED) is 0.653. The molecule has 0 atom stereocenters. The van der Waals surface area contributed by atoms with Gasteiger partial charge in [-0.15, -0.1) is 0 Å². The number of nitrogens with zero attached hydrogens (tertiary/aromatic N) is 2. The standard InChI is InChI=1S/C18H20ClFN2O4S/c1-21(11-13-7-9-14(10-8-13)18(23)26-3)27(24,25)22(2)12-15-16(19)5-4-6-17(15)20/h4-10H,11-12H2,1-3H3. The van der Waals surface area contributed by atoms with Gasteiger partial charge >= 0.3 is 5.97 Å². The van der Waals surface area contributed by atoms with Gasteiger partial charge in [-0.25, -0.2) is 9.18 Å². The molecule has 0 bridgehead atoms. The van der Waals surface area contributed by atoms with Gasteiger partial charge in [0.15, 0.2) is 0 Å². The monoisotopic (exact) mass is 414 g/mol. The molecule has 0 N–H and O–H groups in total. The van der Waals surface area contributed by atoms with Crippen LogP contribution >= 0.6 is 11.6 Å². The molecule has 2 rings (SSSR count). The summed E-state index contributed by atoms with van der Waals surface area (Å²) < 4.78 is 46.1. The summed E-state index contributed by atoms with van der Waals surface area (Å²) in [7, 11) is 0.211. The number of carbonyl (C=O) groups excluding carboxylic acids is 1. The van der Waals surface area contributed by atoms with Crippen LogP contribution in [-0.2, 0) is 28.0 Å². The van der Waals surface area contributed by atoms with E-state index in [4.69, 9.17) is 11.6 Å². The van der Waals surface area contributed by atoms with Gasteiger partial charge in [-0.2, -0.15) is 17.0 Å². The Hall–Kier alpha value is -2.00. The topological polar surface area (TPSA) is 66.9 Å². The van der Waals surface area contributed by atoms with E-state index in [-0.39, 0.29) is 23.7 Å². The zero-order chi connectivity index (χ0) is 20.2. The minimum absolute atomic E-state index is 0.0825. The molecule has 27 heavy (non-hydrogen) atoms. The van der Waals surface area contributed by atoms with E-state index in [9.17, 15) is 17.6 Å². The second-order valence-corrected chi connectivity index (χ2v) is 8.46. The molecule has 6 nitrogen and oxygen atoms in total. The summed E-state index contributed by atoms with van der Waals surface area (Å²) >= 11 is 5.97. The molecule has 0 fully saturated rings. The fraction of sp³-hybridized carbons (Fsp3) is 0.278. The first-order valence-electron chi connectivity index (χ1n) is 7.94. The highest BCUT2D eigenvalue weighted by Gasteiger charge is 2.25. The lowest BCUT2D eigenvalue weighted by molar-refractivity contribution is 0.0600. The molecule has 0 spiro atoms. The Balaban J connectivity index is 2.12. The Morgan fingerprint density at radius 3 is 2.22 bits per heavy atom. The molecule has 9 heteroatoms. The SMILES string of the molecule is COC(=O)c1ccc(CN(C)S(=O)(=O)N(C)Cc2c(F)cccc2Cl)cc1. The molecule has 146 valence electrons. The van der Waals surface area contributed by atoms with Crippen LogP contribution < -0.4 is 0 Å². The Morgan fingerprint density at radius 2 is 1.67 bits per heavy atom. The molecular weight excluding hydrogens is 395 g/mol. The van der Waals surface area contributed by atoms with Crippen molar-refractivity contribution in [3.05, 3.63) is 70.0 Å². The third-order valence-corrected chi connectivity index (χ3v) is 6.20. The van der Waals surface area contributed by atoms with Crippen molar-refractivity contribution in [2.75, 3.05) is 21.2 Å². The van der Waals surface area contributed by atoms with Crippen molar-refractivity contribution in [3.8, 4) is 0 Å². The van der Waals surface area contributed by atoms with Crippen molar-refractivity contribution in [3.63, 3.8) is 0 Å². The van der Waals surface area contributed by atoms with E-state index in [0.717, 1.165) is 8.61 Å². The van der Waals surface area contributed by atoms with Crippen LogP contribution in [0, 0.1) is 5.82 Å². The number of methoxy groups -OCH3 is 1. The average Bonchev–Trinajstić information content (AvgIpc) is 2.64. The van der Waals surface area contributed by atoms with Crippen LogP contribution in [0.15, 0.2) is 42.5 Å². The summed E-state index contributed by atoms with van der Waals surface area (Å²) in [4.78, 5) is 11.4. The Bertz CT molecular complexity index is 899. The molecule has 0 saturated heterocycles. The summed E-state index contributed by atoms with van der Waals surface area (Å²) in [6.07, 6.45) is 0. The van der Waals surface area contributed by atoms with E-state index >= 15 is 0 Å². The Labute approximate surface area is 163 Å². The molecule has 0 aromatic heterocycles. The van der Waals surface area contributed by atoms with Gasteiger partial charge in [0.25, 0.3) is 10.2 Å². The van der Waals surface area contributed by atoms with Crippen molar-refractivity contribution >= 4 is 27.8 Å². The van der Waals surface area contributed by atoms with Gasteiger partial charge in [0, 0.05) is 37.8 Å². The lowest BCUT2D eigenvalue weighted by Crippen LogP contribution is -2.39. The molecule has 0 radical (unpaired) electrons. The first kappa shape index (κ1) is 21.3. The summed E-state index contributed by atoms with van der Waals surface area (Å²) in [5, 5.41) is 0.165. The van der Waals surface area contributed by atoms with E-state index in [1.54, 1.807) is 24.3 Å². The smallest absolute Gasteiger partial charge is 0.337 e. The summed E-state index contributed by atoms with van der Waals surface area (Å²) in [6, 6.07) is 10.6. The van der Waals surface area contributed by atoms with E-state index in [0.29, 0.717) is 11.1 Å². The van der Waals surface area contributed by atoms with Crippen molar-refractivity contribution in [2.24, 2.45) is 0 Å². The molecular formula is C18H20ClFN2O4S. The maximum absolute atomic E-state index is 13.9. The lowest BCUT2D eigenvalue weighted by atomic mass is 10.1. The van der Waals surface area contributed by atoms with Crippen LogP contribution in [0.3, 0.4) is 0 Å². The molecule has 0 aliphatic carbocycles. The average molecular weight is 415 g/mol. The number of hydrogen-bond donors (Lipinski definition) is 0. The molecule has 0 amide bonds. The molecule has 2 aromatic rings. The number of hydrogen-bond acceptors (Lipinski definition) is 4. The minimum atomic E-state index is -3.85. The number of benzene rings is 2. The van der Waals surface area contributed by atoms with E-state index in [2.05, 4.69) is 4.74 Å². The zero-order valence-corrected chi connectivity index (χ0v) is 16.7. The lowest BCUT2D eigenvalue weighted by Gasteiger charge is -2.25. The second kappa shape index (κ2) is 8.79. The third kappa shape index (κ3) is 5.04. The number of esters is 1. The highest BCUT2D eigenvalue weighted by atomic mass is 35.5. The van der Waals surface area contributed by atoms with Crippen LogP contribution in [0.4, 0.5) is 4.39 Å². The molecule has 0 saturated carbocycles. The van der Waals surface area contributed by atoms with Crippen LogP contribution in [0.2, 0.25) is 5.02 Å².